The fraction of sp³-hybridized carbons (Fsp3) is 0.158. The van der Waals surface area contributed by atoms with Crippen LogP contribution in [0.3, 0.4) is 0 Å². The number of amides is 2. The van der Waals surface area contributed by atoms with E-state index < -0.39 is 11.8 Å². The molecule has 0 saturated carbocycles. The zero-order valence-electron chi connectivity index (χ0n) is 14.4. The summed E-state index contributed by atoms with van der Waals surface area (Å²) in [4.78, 5) is 36.7. The maximum absolute atomic E-state index is 12.5. The quantitative estimate of drug-likeness (QED) is 0.700. The number of fused-ring (bicyclic) bond motifs is 1. The highest BCUT2D eigenvalue weighted by Gasteiger charge is 2.12. The van der Waals surface area contributed by atoms with Gasteiger partial charge in [0.05, 0.1) is 11.1 Å². The van der Waals surface area contributed by atoms with Gasteiger partial charge in [-0.15, -0.1) is 0 Å². The van der Waals surface area contributed by atoms with Crippen molar-refractivity contribution in [3.63, 3.8) is 0 Å². The monoisotopic (exact) mass is 350 g/mol. The van der Waals surface area contributed by atoms with Crippen molar-refractivity contribution >= 4 is 22.6 Å². The Morgan fingerprint density at radius 1 is 0.962 bits per heavy atom. The molecule has 2 aromatic carbocycles. The predicted molar refractivity (Wildman–Crippen MR) is 97.5 cm³/mol. The number of nitrogens with zero attached hydrogens (tertiary/aromatic N) is 2. The predicted octanol–water partition coefficient (Wildman–Crippen LogP) is 1.47. The zero-order chi connectivity index (χ0) is 18.7. The largest absolute Gasteiger partial charge is 0.275 e. The molecule has 0 spiro atoms. The molecular formula is C19H18N4O3. The highest BCUT2D eigenvalue weighted by molar-refractivity contribution is 5.96. The van der Waals surface area contributed by atoms with Crippen molar-refractivity contribution in [2.24, 2.45) is 0 Å². The molecule has 0 bridgehead atoms. The van der Waals surface area contributed by atoms with Crippen LogP contribution in [0.4, 0.5) is 0 Å². The van der Waals surface area contributed by atoms with E-state index >= 15 is 0 Å². The first kappa shape index (κ1) is 17.3. The highest BCUT2D eigenvalue weighted by atomic mass is 16.2. The Bertz CT molecular complexity index is 1060. The van der Waals surface area contributed by atoms with Gasteiger partial charge in [-0.1, -0.05) is 36.4 Å². The molecule has 1 heterocycles. The molecule has 7 heteroatoms. The summed E-state index contributed by atoms with van der Waals surface area (Å²) in [5.41, 5.74) is 6.21. The molecule has 0 aliphatic heterocycles. The summed E-state index contributed by atoms with van der Waals surface area (Å²) in [5.74, 6) is -0.970. The second-order valence-corrected chi connectivity index (χ2v) is 5.91. The van der Waals surface area contributed by atoms with Gasteiger partial charge in [0, 0.05) is 10.9 Å². The lowest BCUT2D eigenvalue weighted by Crippen LogP contribution is -2.44. The smallest absolute Gasteiger partial charge is 0.271 e. The molecule has 3 aromatic rings. The summed E-state index contributed by atoms with van der Waals surface area (Å²) < 4.78 is 1.09. The Kier molecular flexibility index (Phi) is 4.79. The van der Waals surface area contributed by atoms with Gasteiger partial charge in [-0.05, 0) is 31.5 Å². The molecule has 0 atom stereocenters. The first-order valence-electron chi connectivity index (χ1n) is 8.08. The van der Waals surface area contributed by atoms with E-state index in [2.05, 4.69) is 16.0 Å². The number of hydrogen-bond donors (Lipinski definition) is 2. The van der Waals surface area contributed by atoms with E-state index in [0.29, 0.717) is 16.6 Å². The summed E-state index contributed by atoms with van der Waals surface area (Å²) in [7, 11) is 0. The third-order valence-corrected chi connectivity index (χ3v) is 4.05. The normalized spacial score (nSPS) is 10.5. The summed E-state index contributed by atoms with van der Waals surface area (Å²) in [6.45, 7) is 3.28. The Morgan fingerprint density at radius 2 is 1.62 bits per heavy atom. The van der Waals surface area contributed by atoms with Crippen LogP contribution in [0.1, 0.15) is 21.6 Å². The topological polar surface area (TPSA) is 93.1 Å². The molecule has 3 rings (SSSR count). The minimum Gasteiger partial charge on any atom is -0.271 e. The van der Waals surface area contributed by atoms with Gasteiger partial charge in [0.15, 0.2) is 0 Å². The molecule has 0 unspecified atom stereocenters. The maximum Gasteiger partial charge on any atom is 0.275 e. The number of hydrazine groups is 1. The summed E-state index contributed by atoms with van der Waals surface area (Å²) >= 11 is 0. The van der Waals surface area contributed by atoms with E-state index in [4.69, 9.17) is 0 Å². The Hall–Kier alpha value is -3.48. The number of nitrogens with one attached hydrogen (secondary N) is 2. The van der Waals surface area contributed by atoms with Crippen LogP contribution in [-0.4, -0.2) is 21.6 Å². The van der Waals surface area contributed by atoms with Gasteiger partial charge in [0.25, 0.3) is 17.4 Å². The van der Waals surface area contributed by atoms with Crippen LogP contribution < -0.4 is 16.4 Å². The summed E-state index contributed by atoms with van der Waals surface area (Å²) in [6.07, 6.45) is 0. The van der Waals surface area contributed by atoms with Crippen LogP contribution in [-0.2, 0) is 11.3 Å². The molecule has 0 aliphatic carbocycles. The van der Waals surface area contributed by atoms with Crippen LogP contribution in [0.25, 0.3) is 10.8 Å². The van der Waals surface area contributed by atoms with Crippen molar-refractivity contribution in [3.05, 3.63) is 75.7 Å². The van der Waals surface area contributed by atoms with Crippen molar-refractivity contribution in [1.29, 1.82) is 0 Å². The van der Waals surface area contributed by atoms with Gasteiger partial charge in [-0.3, -0.25) is 25.2 Å². The van der Waals surface area contributed by atoms with Crippen LogP contribution in [0.15, 0.2) is 53.3 Å². The van der Waals surface area contributed by atoms with E-state index in [0.717, 1.165) is 15.6 Å². The fourth-order valence-electron chi connectivity index (χ4n) is 2.71. The molecule has 0 aliphatic rings. The van der Waals surface area contributed by atoms with Gasteiger partial charge in [0.1, 0.15) is 6.54 Å². The van der Waals surface area contributed by atoms with Crippen molar-refractivity contribution in [3.8, 4) is 0 Å². The van der Waals surface area contributed by atoms with Crippen molar-refractivity contribution in [2.45, 2.75) is 20.4 Å². The third kappa shape index (κ3) is 3.46. The van der Waals surface area contributed by atoms with Crippen LogP contribution in [0, 0.1) is 13.8 Å². The van der Waals surface area contributed by atoms with Crippen molar-refractivity contribution in [2.75, 3.05) is 0 Å². The number of aryl methyl sites for hydroxylation is 2. The Morgan fingerprint density at radius 3 is 2.35 bits per heavy atom. The number of aromatic nitrogens is 2. The molecule has 26 heavy (non-hydrogen) atoms. The average Bonchev–Trinajstić information content (AvgIpc) is 2.64. The van der Waals surface area contributed by atoms with Crippen molar-refractivity contribution < 1.29 is 9.59 Å². The number of carbonyl (C=O) groups is 2. The molecule has 2 N–H and O–H groups in total. The van der Waals surface area contributed by atoms with Crippen molar-refractivity contribution in [1.82, 2.24) is 20.6 Å². The van der Waals surface area contributed by atoms with Gasteiger partial charge < -0.3 is 0 Å². The van der Waals surface area contributed by atoms with Crippen LogP contribution in [0.5, 0.6) is 0 Å². The molecule has 0 saturated heterocycles. The molecule has 0 radical (unpaired) electrons. The third-order valence-electron chi connectivity index (χ3n) is 4.05. The lowest BCUT2D eigenvalue weighted by atomic mass is 10.1. The number of carbonyl (C=O) groups excluding carboxylic acids is 2. The fourth-order valence-corrected chi connectivity index (χ4v) is 2.71. The number of hydrogen-bond acceptors (Lipinski definition) is 4. The highest BCUT2D eigenvalue weighted by Crippen LogP contribution is 2.11. The van der Waals surface area contributed by atoms with Gasteiger partial charge >= 0.3 is 0 Å². The SMILES string of the molecule is Cc1ccccc1C(=O)NNC(=O)Cn1nc(C)c2ccccc2c1=O. The van der Waals surface area contributed by atoms with E-state index in [1.54, 1.807) is 44.2 Å². The number of benzene rings is 2. The molecule has 132 valence electrons. The maximum atomic E-state index is 12.5. The molecule has 1 aromatic heterocycles. The minimum atomic E-state index is -0.545. The first-order chi connectivity index (χ1) is 12.5. The standard InChI is InChI=1S/C19H18N4O3/c1-12-7-3-4-8-14(12)18(25)21-20-17(24)11-23-19(26)16-10-6-5-9-15(16)13(2)22-23/h3-10H,11H2,1-2H3,(H,20,24)(H,21,25). The van der Waals surface area contributed by atoms with E-state index in [1.165, 1.54) is 0 Å². The summed E-state index contributed by atoms with van der Waals surface area (Å²) in [5, 5.41) is 5.42. The minimum absolute atomic E-state index is 0.293. The summed E-state index contributed by atoms with van der Waals surface area (Å²) in [6, 6.07) is 14.1. The van der Waals surface area contributed by atoms with Gasteiger partial charge in [-0.25, -0.2) is 4.68 Å². The Labute approximate surface area is 149 Å². The van der Waals surface area contributed by atoms with E-state index in [-0.39, 0.29) is 12.1 Å². The molecular weight excluding hydrogens is 332 g/mol. The van der Waals surface area contributed by atoms with Crippen LogP contribution in [0.2, 0.25) is 0 Å². The number of rotatable bonds is 3. The van der Waals surface area contributed by atoms with Crippen LogP contribution >= 0.6 is 0 Å². The second-order valence-electron chi connectivity index (χ2n) is 5.91. The average molecular weight is 350 g/mol. The first-order valence-corrected chi connectivity index (χ1v) is 8.08. The zero-order valence-corrected chi connectivity index (χ0v) is 14.4. The molecule has 2 amide bonds. The molecule has 0 fully saturated rings. The van der Waals surface area contributed by atoms with E-state index in [9.17, 15) is 14.4 Å². The van der Waals surface area contributed by atoms with Gasteiger partial charge in [0.2, 0.25) is 0 Å². The second kappa shape index (κ2) is 7.18. The Balaban J connectivity index is 1.72. The van der Waals surface area contributed by atoms with E-state index in [1.807, 2.05) is 18.2 Å². The molecule has 7 nitrogen and oxygen atoms in total. The lowest BCUT2D eigenvalue weighted by Gasteiger charge is -2.11. The van der Waals surface area contributed by atoms with Gasteiger partial charge in [-0.2, -0.15) is 5.10 Å². The lowest BCUT2D eigenvalue weighted by molar-refractivity contribution is -0.122.